The van der Waals surface area contributed by atoms with Gasteiger partial charge in [-0.25, -0.2) is 18.7 Å². The van der Waals surface area contributed by atoms with Crippen LogP contribution in [0.1, 0.15) is 0 Å². The van der Waals surface area contributed by atoms with Crippen molar-refractivity contribution in [2.75, 3.05) is 20.5 Å². The van der Waals surface area contributed by atoms with E-state index in [9.17, 15) is 8.78 Å². The molecule has 2 heterocycles. The van der Waals surface area contributed by atoms with E-state index >= 15 is 0 Å². The average molecular weight is 349 g/mol. The third-order valence-electron chi connectivity index (χ3n) is 3.46. The minimum atomic E-state index is -0.843. The number of halogens is 2. The first-order valence-corrected chi connectivity index (χ1v) is 8.08. The van der Waals surface area contributed by atoms with Gasteiger partial charge in [0, 0.05) is 17.6 Å². The van der Waals surface area contributed by atoms with Gasteiger partial charge in [-0.1, -0.05) is 11.8 Å². The van der Waals surface area contributed by atoms with Crippen LogP contribution in [0.5, 0.6) is 11.5 Å². The molecule has 3 aromatic rings. The highest BCUT2D eigenvalue weighted by Gasteiger charge is 2.22. The maximum atomic E-state index is 14.6. The van der Waals surface area contributed by atoms with Gasteiger partial charge in [0.1, 0.15) is 0 Å². The van der Waals surface area contributed by atoms with Crippen molar-refractivity contribution in [1.82, 2.24) is 15.0 Å². The van der Waals surface area contributed by atoms with Crippen LogP contribution >= 0.6 is 11.8 Å². The van der Waals surface area contributed by atoms with E-state index in [1.807, 2.05) is 6.26 Å². The number of fused-ring (bicyclic) bond motifs is 1. The van der Waals surface area contributed by atoms with Crippen LogP contribution in [0.25, 0.3) is 22.2 Å². The molecule has 0 spiro atoms. The maximum absolute atomic E-state index is 14.6. The van der Waals surface area contributed by atoms with Crippen LogP contribution < -0.4 is 9.47 Å². The van der Waals surface area contributed by atoms with E-state index in [4.69, 9.17) is 9.47 Å². The number of ether oxygens (including phenoxy) is 2. The van der Waals surface area contributed by atoms with E-state index in [0.717, 1.165) is 6.07 Å². The van der Waals surface area contributed by atoms with Gasteiger partial charge < -0.3 is 9.47 Å². The monoisotopic (exact) mass is 349 g/mol. The van der Waals surface area contributed by atoms with Crippen molar-refractivity contribution in [1.29, 1.82) is 0 Å². The van der Waals surface area contributed by atoms with Gasteiger partial charge in [-0.15, -0.1) is 0 Å². The zero-order valence-corrected chi connectivity index (χ0v) is 13.9. The predicted molar refractivity (Wildman–Crippen MR) is 87.6 cm³/mol. The molecule has 0 aliphatic rings. The Morgan fingerprint density at radius 2 is 1.62 bits per heavy atom. The summed E-state index contributed by atoms with van der Waals surface area (Å²) in [6.07, 6.45) is 4.90. The number of pyridine rings is 1. The molecule has 124 valence electrons. The zero-order valence-electron chi connectivity index (χ0n) is 13.1. The van der Waals surface area contributed by atoms with Gasteiger partial charge in [0.2, 0.25) is 0 Å². The maximum Gasteiger partial charge on any atom is 0.187 e. The largest absolute Gasteiger partial charge is 0.494 e. The molecule has 0 N–H and O–H groups in total. The molecule has 0 bridgehead atoms. The summed E-state index contributed by atoms with van der Waals surface area (Å²) in [6, 6.07) is 2.68. The fourth-order valence-electron chi connectivity index (χ4n) is 2.26. The van der Waals surface area contributed by atoms with E-state index in [1.54, 1.807) is 6.20 Å². The van der Waals surface area contributed by atoms with Crippen LogP contribution in [0.2, 0.25) is 0 Å². The highest BCUT2D eigenvalue weighted by Crippen LogP contribution is 2.37. The Balaban J connectivity index is 2.23. The molecule has 0 radical (unpaired) electrons. The van der Waals surface area contributed by atoms with Crippen LogP contribution in [0.3, 0.4) is 0 Å². The summed E-state index contributed by atoms with van der Waals surface area (Å²) in [5.74, 6) is -1.94. The first-order valence-electron chi connectivity index (χ1n) is 6.86. The number of methoxy groups -OCH3 is 2. The Labute approximate surface area is 141 Å². The fraction of sp³-hybridized carbons (Fsp3) is 0.188. The van der Waals surface area contributed by atoms with Crippen molar-refractivity contribution in [2.24, 2.45) is 0 Å². The molecule has 24 heavy (non-hydrogen) atoms. The van der Waals surface area contributed by atoms with Gasteiger partial charge in [-0.2, -0.15) is 0 Å². The molecule has 0 saturated carbocycles. The van der Waals surface area contributed by atoms with Gasteiger partial charge in [-0.05, 0) is 12.3 Å². The Bertz CT molecular complexity index is 893. The molecule has 0 aliphatic carbocycles. The summed E-state index contributed by atoms with van der Waals surface area (Å²) in [6.45, 7) is 0. The summed E-state index contributed by atoms with van der Waals surface area (Å²) >= 11 is 1.40. The van der Waals surface area contributed by atoms with Crippen LogP contribution in [-0.4, -0.2) is 35.4 Å². The van der Waals surface area contributed by atoms with Crippen molar-refractivity contribution >= 4 is 22.7 Å². The first kappa shape index (κ1) is 16.4. The normalized spacial score (nSPS) is 10.9. The Kier molecular flexibility index (Phi) is 4.48. The number of aromatic nitrogens is 3. The molecule has 0 atom stereocenters. The van der Waals surface area contributed by atoms with E-state index < -0.39 is 11.6 Å². The Morgan fingerprint density at radius 3 is 2.21 bits per heavy atom. The second-order valence-corrected chi connectivity index (χ2v) is 5.54. The van der Waals surface area contributed by atoms with Crippen molar-refractivity contribution in [2.45, 2.75) is 5.16 Å². The lowest BCUT2D eigenvalue weighted by molar-refractivity contribution is 0.359. The number of benzene rings is 1. The van der Waals surface area contributed by atoms with E-state index in [0.29, 0.717) is 16.1 Å². The molecule has 0 amide bonds. The molecule has 0 aliphatic heterocycles. The number of hydrogen-bond acceptors (Lipinski definition) is 6. The lowest BCUT2D eigenvalue weighted by Gasteiger charge is -2.12. The minimum absolute atomic E-state index is 0.107. The summed E-state index contributed by atoms with van der Waals surface area (Å²) in [7, 11) is 2.59. The van der Waals surface area contributed by atoms with Gasteiger partial charge in [-0.3, -0.25) is 4.98 Å². The number of rotatable bonds is 4. The highest BCUT2D eigenvalue weighted by atomic mass is 32.2. The standard InChI is InChI=1S/C16H13F2N3O2S/c1-22-11-5-12(23-2)15(18)13(14(11)17)9-4-8-6-20-16(24-3)21-10(8)7-19-9/h4-7H,1-3H3. The van der Waals surface area contributed by atoms with E-state index in [2.05, 4.69) is 15.0 Å². The first-order chi connectivity index (χ1) is 11.6. The molecular formula is C16H13F2N3O2S. The molecule has 8 heteroatoms. The topological polar surface area (TPSA) is 57.1 Å². The lowest BCUT2D eigenvalue weighted by Crippen LogP contribution is -2.00. The lowest BCUT2D eigenvalue weighted by atomic mass is 10.1. The van der Waals surface area contributed by atoms with Crippen LogP contribution in [0.4, 0.5) is 8.78 Å². The third kappa shape index (κ3) is 2.73. The van der Waals surface area contributed by atoms with Crippen LogP contribution in [0, 0.1) is 11.6 Å². The minimum Gasteiger partial charge on any atom is -0.494 e. The van der Waals surface area contributed by atoms with Gasteiger partial charge >= 0.3 is 0 Å². The molecule has 1 aromatic carbocycles. The molecule has 0 saturated heterocycles. The van der Waals surface area contributed by atoms with Crippen molar-refractivity contribution in [3.8, 4) is 22.8 Å². The predicted octanol–water partition coefficient (Wildman–Crippen LogP) is 3.71. The SMILES string of the molecule is COc1cc(OC)c(F)c(-c2cc3cnc(SC)nc3cn2)c1F. The molecule has 5 nitrogen and oxygen atoms in total. The Morgan fingerprint density at radius 1 is 0.958 bits per heavy atom. The zero-order chi connectivity index (χ0) is 17.3. The van der Waals surface area contributed by atoms with Crippen molar-refractivity contribution < 1.29 is 18.3 Å². The smallest absolute Gasteiger partial charge is 0.187 e. The van der Waals surface area contributed by atoms with E-state index in [-0.39, 0.29) is 22.8 Å². The molecular weight excluding hydrogens is 336 g/mol. The summed E-state index contributed by atoms with van der Waals surface area (Å²) in [5, 5.41) is 1.22. The second kappa shape index (κ2) is 6.56. The average Bonchev–Trinajstić information content (AvgIpc) is 2.61. The second-order valence-electron chi connectivity index (χ2n) is 4.77. The molecule has 0 fully saturated rings. The number of nitrogens with zero attached hydrogens (tertiary/aromatic N) is 3. The quantitative estimate of drug-likeness (QED) is 0.529. The van der Waals surface area contributed by atoms with Gasteiger partial charge in [0.15, 0.2) is 28.3 Å². The molecule has 2 aromatic heterocycles. The van der Waals surface area contributed by atoms with Crippen LogP contribution in [0.15, 0.2) is 29.7 Å². The summed E-state index contributed by atoms with van der Waals surface area (Å²) < 4.78 is 39.0. The summed E-state index contributed by atoms with van der Waals surface area (Å²) in [4.78, 5) is 12.6. The van der Waals surface area contributed by atoms with E-state index in [1.165, 1.54) is 38.2 Å². The highest BCUT2D eigenvalue weighted by molar-refractivity contribution is 7.98. The van der Waals surface area contributed by atoms with Crippen molar-refractivity contribution in [3.05, 3.63) is 36.2 Å². The summed E-state index contributed by atoms with van der Waals surface area (Å²) in [5.41, 5.74) is 0.381. The van der Waals surface area contributed by atoms with Gasteiger partial charge in [0.05, 0.1) is 37.2 Å². The number of thioether (sulfide) groups is 1. The fourth-order valence-corrected chi connectivity index (χ4v) is 2.61. The van der Waals surface area contributed by atoms with Crippen molar-refractivity contribution in [3.63, 3.8) is 0 Å². The van der Waals surface area contributed by atoms with Crippen LogP contribution in [-0.2, 0) is 0 Å². The Hall–Kier alpha value is -2.48. The molecule has 0 unspecified atom stereocenters. The number of hydrogen-bond donors (Lipinski definition) is 0. The van der Waals surface area contributed by atoms with Gasteiger partial charge in [0.25, 0.3) is 0 Å². The molecule has 3 rings (SSSR count). The third-order valence-corrected chi connectivity index (χ3v) is 4.02.